The number of benzene rings is 1. The molecule has 0 unspecified atom stereocenters. The van der Waals surface area contributed by atoms with Crippen molar-refractivity contribution in [2.45, 2.75) is 19.9 Å². The standard InChI is InChI=1S/C19H23N3O/c1-3-8-22-9-7-19(18(22)23)14-21(12-15(19)2)13-17-6-4-5-16(10-17)11-20/h3-6,10,15H,1,7-9,12-14H2,2H3/t15-,19-/m1/s1. The molecule has 0 N–H and O–H groups in total. The van der Waals surface area contributed by atoms with Gasteiger partial charge in [0.25, 0.3) is 0 Å². The Bertz CT molecular complexity index is 663. The Labute approximate surface area is 138 Å². The van der Waals surface area contributed by atoms with Crippen molar-refractivity contribution in [2.24, 2.45) is 11.3 Å². The Morgan fingerprint density at radius 1 is 1.52 bits per heavy atom. The smallest absolute Gasteiger partial charge is 0.230 e. The molecule has 2 saturated heterocycles. The number of rotatable bonds is 4. The lowest BCUT2D eigenvalue weighted by Crippen LogP contribution is -2.39. The molecule has 0 radical (unpaired) electrons. The predicted octanol–water partition coefficient (Wildman–Crippen LogP) is 2.41. The number of nitriles is 1. The molecule has 4 heteroatoms. The van der Waals surface area contributed by atoms with E-state index in [0.717, 1.165) is 38.2 Å². The SMILES string of the molecule is C=CCN1CC[C@]2(CN(Cc3cccc(C#N)c3)C[C@H]2C)C1=O. The number of nitrogens with zero attached hydrogens (tertiary/aromatic N) is 3. The van der Waals surface area contributed by atoms with Crippen LogP contribution >= 0.6 is 0 Å². The molecular weight excluding hydrogens is 286 g/mol. The summed E-state index contributed by atoms with van der Waals surface area (Å²) in [6.45, 7) is 9.99. The zero-order valence-corrected chi connectivity index (χ0v) is 13.7. The van der Waals surface area contributed by atoms with E-state index in [0.29, 0.717) is 18.0 Å². The highest BCUT2D eigenvalue weighted by Crippen LogP contribution is 2.44. The average Bonchev–Trinajstić information content (AvgIpc) is 3.03. The number of likely N-dealkylation sites (tertiary alicyclic amines) is 2. The van der Waals surface area contributed by atoms with Gasteiger partial charge in [0, 0.05) is 32.7 Å². The van der Waals surface area contributed by atoms with Crippen molar-refractivity contribution in [3.63, 3.8) is 0 Å². The minimum absolute atomic E-state index is 0.226. The summed E-state index contributed by atoms with van der Waals surface area (Å²) in [4.78, 5) is 17.1. The lowest BCUT2D eigenvalue weighted by molar-refractivity contribution is -0.136. The molecule has 1 spiro atoms. The van der Waals surface area contributed by atoms with E-state index < -0.39 is 0 Å². The van der Waals surface area contributed by atoms with Gasteiger partial charge in [-0.1, -0.05) is 25.1 Å². The third-order valence-corrected chi connectivity index (χ3v) is 5.33. The van der Waals surface area contributed by atoms with Gasteiger partial charge in [0.1, 0.15) is 0 Å². The number of hydrogen-bond donors (Lipinski definition) is 0. The molecule has 0 saturated carbocycles. The summed E-state index contributed by atoms with van der Waals surface area (Å²) in [5, 5.41) is 9.02. The molecule has 4 nitrogen and oxygen atoms in total. The van der Waals surface area contributed by atoms with E-state index in [4.69, 9.17) is 5.26 Å². The highest BCUT2D eigenvalue weighted by molar-refractivity contribution is 5.86. The normalized spacial score (nSPS) is 27.6. The van der Waals surface area contributed by atoms with Gasteiger partial charge in [-0.2, -0.15) is 5.26 Å². The van der Waals surface area contributed by atoms with Gasteiger partial charge in [-0.25, -0.2) is 0 Å². The Morgan fingerprint density at radius 2 is 2.35 bits per heavy atom. The maximum Gasteiger partial charge on any atom is 0.230 e. The summed E-state index contributed by atoms with van der Waals surface area (Å²) in [6.07, 6.45) is 2.75. The minimum atomic E-state index is -0.226. The molecule has 3 rings (SSSR count). The molecule has 23 heavy (non-hydrogen) atoms. The molecule has 0 aliphatic carbocycles. The summed E-state index contributed by atoms with van der Waals surface area (Å²) in [5.41, 5.74) is 1.61. The lowest BCUT2D eigenvalue weighted by atomic mass is 9.78. The second kappa shape index (κ2) is 6.17. The Morgan fingerprint density at radius 3 is 3.09 bits per heavy atom. The van der Waals surface area contributed by atoms with E-state index in [1.165, 1.54) is 0 Å². The summed E-state index contributed by atoms with van der Waals surface area (Å²) < 4.78 is 0. The molecule has 2 heterocycles. The van der Waals surface area contributed by atoms with Crippen molar-refractivity contribution in [1.82, 2.24) is 9.80 Å². The second-order valence-corrected chi connectivity index (χ2v) is 6.83. The molecule has 2 aliphatic rings. The van der Waals surface area contributed by atoms with E-state index in [2.05, 4.69) is 30.5 Å². The number of amides is 1. The Hall–Kier alpha value is -2.12. The Kier molecular flexibility index (Phi) is 4.23. The topological polar surface area (TPSA) is 47.3 Å². The van der Waals surface area contributed by atoms with Gasteiger partial charge in [0.15, 0.2) is 0 Å². The number of carbonyl (C=O) groups is 1. The van der Waals surface area contributed by atoms with Crippen LogP contribution in [-0.4, -0.2) is 41.9 Å². The molecule has 1 aromatic carbocycles. The Balaban J connectivity index is 1.73. The van der Waals surface area contributed by atoms with Crippen LogP contribution in [0, 0.1) is 22.7 Å². The average molecular weight is 309 g/mol. The van der Waals surface area contributed by atoms with Gasteiger partial charge >= 0.3 is 0 Å². The van der Waals surface area contributed by atoms with E-state index in [1.54, 1.807) is 0 Å². The molecule has 120 valence electrons. The van der Waals surface area contributed by atoms with Gasteiger partial charge in [-0.15, -0.1) is 6.58 Å². The van der Waals surface area contributed by atoms with Crippen molar-refractivity contribution < 1.29 is 4.79 Å². The van der Waals surface area contributed by atoms with Crippen LogP contribution in [0.2, 0.25) is 0 Å². The van der Waals surface area contributed by atoms with Crippen molar-refractivity contribution >= 4 is 5.91 Å². The highest BCUT2D eigenvalue weighted by atomic mass is 16.2. The summed E-state index contributed by atoms with van der Waals surface area (Å²) in [7, 11) is 0. The number of hydrogen-bond acceptors (Lipinski definition) is 3. The van der Waals surface area contributed by atoms with Crippen LogP contribution in [0.1, 0.15) is 24.5 Å². The van der Waals surface area contributed by atoms with Gasteiger partial charge in [-0.05, 0) is 30.0 Å². The highest BCUT2D eigenvalue weighted by Gasteiger charge is 2.54. The van der Waals surface area contributed by atoms with Crippen molar-refractivity contribution in [1.29, 1.82) is 5.26 Å². The largest absolute Gasteiger partial charge is 0.338 e. The third kappa shape index (κ3) is 2.77. The summed E-state index contributed by atoms with van der Waals surface area (Å²) >= 11 is 0. The monoisotopic (exact) mass is 309 g/mol. The quantitative estimate of drug-likeness (QED) is 0.803. The summed E-state index contributed by atoms with van der Waals surface area (Å²) in [5.74, 6) is 0.655. The van der Waals surface area contributed by atoms with Crippen molar-refractivity contribution in [2.75, 3.05) is 26.2 Å². The molecule has 2 atom stereocenters. The lowest BCUT2D eigenvalue weighted by Gasteiger charge is -2.26. The van der Waals surface area contributed by atoms with Gasteiger partial charge < -0.3 is 4.90 Å². The molecule has 0 bridgehead atoms. The van der Waals surface area contributed by atoms with Crippen molar-refractivity contribution in [3.8, 4) is 6.07 Å². The molecule has 0 aromatic heterocycles. The minimum Gasteiger partial charge on any atom is -0.338 e. The molecule has 2 aliphatic heterocycles. The predicted molar refractivity (Wildman–Crippen MR) is 89.4 cm³/mol. The third-order valence-electron chi connectivity index (χ3n) is 5.33. The number of carbonyl (C=O) groups excluding carboxylic acids is 1. The first-order valence-corrected chi connectivity index (χ1v) is 8.21. The molecule has 2 fully saturated rings. The first-order chi connectivity index (χ1) is 11.1. The van der Waals surface area contributed by atoms with Gasteiger partial charge in [0.2, 0.25) is 5.91 Å². The van der Waals surface area contributed by atoms with Crippen LogP contribution in [0.25, 0.3) is 0 Å². The van der Waals surface area contributed by atoms with Gasteiger partial charge in [-0.3, -0.25) is 9.69 Å². The van der Waals surface area contributed by atoms with Crippen LogP contribution in [0.3, 0.4) is 0 Å². The van der Waals surface area contributed by atoms with E-state index in [1.807, 2.05) is 29.2 Å². The fourth-order valence-electron chi connectivity index (χ4n) is 4.09. The molecule has 1 amide bonds. The van der Waals surface area contributed by atoms with E-state index in [9.17, 15) is 4.79 Å². The fraction of sp³-hybridized carbons (Fsp3) is 0.474. The maximum atomic E-state index is 12.8. The van der Waals surface area contributed by atoms with Crippen LogP contribution in [0.4, 0.5) is 0 Å². The van der Waals surface area contributed by atoms with Crippen molar-refractivity contribution in [3.05, 3.63) is 48.0 Å². The summed E-state index contributed by atoms with van der Waals surface area (Å²) in [6, 6.07) is 9.93. The fourth-order valence-corrected chi connectivity index (χ4v) is 4.09. The van der Waals surface area contributed by atoms with Crippen LogP contribution in [0.15, 0.2) is 36.9 Å². The second-order valence-electron chi connectivity index (χ2n) is 6.83. The van der Waals surface area contributed by atoms with Crippen LogP contribution in [0.5, 0.6) is 0 Å². The van der Waals surface area contributed by atoms with Crippen LogP contribution in [-0.2, 0) is 11.3 Å². The van der Waals surface area contributed by atoms with E-state index >= 15 is 0 Å². The van der Waals surface area contributed by atoms with Crippen LogP contribution < -0.4 is 0 Å². The first kappa shape index (κ1) is 15.8. The zero-order chi connectivity index (χ0) is 16.4. The zero-order valence-electron chi connectivity index (χ0n) is 13.7. The van der Waals surface area contributed by atoms with E-state index in [-0.39, 0.29) is 11.3 Å². The molecule has 1 aromatic rings. The molecular formula is C19H23N3O. The maximum absolute atomic E-state index is 12.8. The van der Waals surface area contributed by atoms with Gasteiger partial charge in [0.05, 0.1) is 17.0 Å². The first-order valence-electron chi connectivity index (χ1n) is 8.21.